The molecule has 0 aliphatic heterocycles. The molecule has 0 fully saturated rings. The van der Waals surface area contributed by atoms with Crippen LogP contribution in [0, 0.1) is 11.3 Å². The number of primary sulfonamides is 1. The molecule has 0 spiro atoms. The van der Waals surface area contributed by atoms with Gasteiger partial charge < -0.3 is 11.1 Å². The molecule has 0 radical (unpaired) electrons. The van der Waals surface area contributed by atoms with Gasteiger partial charge in [0.25, 0.3) is 0 Å². The molecule has 0 saturated heterocycles. The van der Waals surface area contributed by atoms with Crippen LogP contribution in [0.3, 0.4) is 0 Å². The average Bonchev–Trinajstić information content (AvgIpc) is 2.41. The summed E-state index contributed by atoms with van der Waals surface area (Å²) in [7, 11) is -3.89. The van der Waals surface area contributed by atoms with Crippen LogP contribution in [0.2, 0.25) is 0 Å². The monoisotopic (exact) mass is 366 g/mol. The number of sulfonamides is 1. The Balaban J connectivity index is 2.44. The summed E-state index contributed by atoms with van der Waals surface area (Å²) in [6.07, 6.45) is 0. The van der Waals surface area contributed by atoms with Crippen molar-refractivity contribution in [3.05, 3.63) is 46.4 Å². The van der Waals surface area contributed by atoms with Crippen LogP contribution >= 0.6 is 15.9 Å². The fraction of sp³-hybridized carbons (Fsp3) is 0. The predicted octanol–water partition coefficient (Wildman–Crippen LogP) is 2.29. The number of para-hydroxylation sites is 1. The first kappa shape index (κ1) is 15.3. The maximum atomic E-state index is 11.4. The summed E-state index contributed by atoms with van der Waals surface area (Å²) in [4.78, 5) is -0.141. The highest BCUT2D eigenvalue weighted by molar-refractivity contribution is 9.10. The minimum absolute atomic E-state index is 0.0382. The van der Waals surface area contributed by atoms with Gasteiger partial charge in [-0.15, -0.1) is 0 Å². The van der Waals surface area contributed by atoms with Gasteiger partial charge in [0.2, 0.25) is 10.0 Å². The van der Waals surface area contributed by atoms with Crippen molar-refractivity contribution in [3.63, 3.8) is 0 Å². The summed E-state index contributed by atoms with van der Waals surface area (Å²) in [6, 6.07) is 11.5. The van der Waals surface area contributed by atoms with E-state index in [1.807, 2.05) is 6.07 Å². The van der Waals surface area contributed by atoms with Crippen molar-refractivity contribution in [2.45, 2.75) is 4.90 Å². The van der Waals surface area contributed by atoms with Crippen LogP contribution < -0.4 is 16.2 Å². The van der Waals surface area contributed by atoms with Gasteiger partial charge in [-0.25, -0.2) is 13.6 Å². The molecule has 0 atom stereocenters. The quantitative estimate of drug-likeness (QED) is 0.719. The Kier molecular flexibility index (Phi) is 4.18. The largest absolute Gasteiger partial charge is 0.396 e. The predicted molar refractivity (Wildman–Crippen MR) is 84.4 cm³/mol. The molecule has 0 aromatic heterocycles. The second-order valence-electron chi connectivity index (χ2n) is 4.19. The van der Waals surface area contributed by atoms with Gasteiger partial charge in [0.15, 0.2) is 0 Å². The number of nitrogens with zero attached hydrogens (tertiary/aromatic N) is 1. The van der Waals surface area contributed by atoms with E-state index in [1.54, 1.807) is 24.3 Å². The van der Waals surface area contributed by atoms with Crippen molar-refractivity contribution in [2.24, 2.45) is 5.14 Å². The SMILES string of the molecule is N#Cc1ccc(Nc2cccc(S(N)(=O)=O)c2N)c(Br)c1. The second-order valence-corrected chi connectivity index (χ2v) is 6.58. The first-order valence-electron chi connectivity index (χ1n) is 5.71. The van der Waals surface area contributed by atoms with Gasteiger partial charge in [-0.2, -0.15) is 5.26 Å². The van der Waals surface area contributed by atoms with E-state index in [2.05, 4.69) is 21.2 Å². The summed E-state index contributed by atoms with van der Waals surface area (Å²) in [6.45, 7) is 0. The Hall–Kier alpha value is -2.08. The van der Waals surface area contributed by atoms with Crippen molar-refractivity contribution in [3.8, 4) is 6.07 Å². The molecule has 2 aromatic carbocycles. The van der Waals surface area contributed by atoms with Crippen molar-refractivity contribution in [2.75, 3.05) is 11.1 Å². The van der Waals surface area contributed by atoms with E-state index in [0.717, 1.165) is 0 Å². The lowest BCUT2D eigenvalue weighted by molar-refractivity contribution is 0.598. The molecule has 0 amide bonds. The molecule has 2 aromatic rings. The minimum Gasteiger partial charge on any atom is -0.396 e. The van der Waals surface area contributed by atoms with Gasteiger partial charge in [-0.3, -0.25) is 0 Å². The molecule has 6 nitrogen and oxygen atoms in total. The van der Waals surface area contributed by atoms with E-state index in [4.69, 9.17) is 16.1 Å². The number of rotatable bonds is 3. The lowest BCUT2D eigenvalue weighted by Gasteiger charge is -2.13. The van der Waals surface area contributed by atoms with E-state index in [1.165, 1.54) is 12.1 Å². The second kappa shape index (κ2) is 5.73. The Labute approximate surface area is 130 Å². The fourth-order valence-electron chi connectivity index (χ4n) is 1.73. The number of benzene rings is 2. The number of nitrogens with one attached hydrogen (secondary N) is 1. The number of hydrogen-bond donors (Lipinski definition) is 3. The molecule has 0 aliphatic carbocycles. The lowest BCUT2D eigenvalue weighted by Crippen LogP contribution is -2.15. The van der Waals surface area contributed by atoms with Gasteiger partial charge in [-0.05, 0) is 46.3 Å². The van der Waals surface area contributed by atoms with E-state index in [-0.39, 0.29) is 10.6 Å². The Morgan fingerprint density at radius 1 is 1.19 bits per heavy atom. The maximum absolute atomic E-state index is 11.4. The zero-order chi connectivity index (χ0) is 15.6. The zero-order valence-electron chi connectivity index (χ0n) is 10.7. The topological polar surface area (TPSA) is 122 Å². The van der Waals surface area contributed by atoms with Gasteiger partial charge >= 0.3 is 0 Å². The summed E-state index contributed by atoms with van der Waals surface area (Å²) in [5.74, 6) is 0. The van der Waals surface area contributed by atoms with Crippen LogP contribution in [0.4, 0.5) is 17.1 Å². The first-order valence-corrected chi connectivity index (χ1v) is 8.05. The molecule has 2 rings (SSSR count). The maximum Gasteiger partial charge on any atom is 0.240 e. The molecule has 0 heterocycles. The molecule has 0 saturated carbocycles. The zero-order valence-corrected chi connectivity index (χ0v) is 13.1. The van der Waals surface area contributed by atoms with Gasteiger partial charge in [-0.1, -0.05) is 6.07 Å². The standard InChI is InChI=1S/C13H11BrN4O2S/c14-9-6-8(7-15)4-5-10(9)18-11-2-1-3-12(13(11)16)21(17,19)20/h1-6,18H,16H2,(H2,17,19,20). The highest BCUT2D eigenvalue weighted by Crippen LogP contribution is 2.32. The van der Waals surface area contributed by atoms with Crippen molar-refractivity contribution >= 4 is 43.0 Å². The molecular formula is C13H11BrN4O2S. The third-order valence-electron chi connectivity index (χ3n) is 2.74. The van der Waals surface area contributed by atoms with Crippen LogP contribution in [0.25, 0.3) is 0 Å². The van der Waals surface area contributed by atoms with E-state index in [0.29, 0.717) is 21.4 Å². The first-order chi connectivity index (χ1) is 9.82. The third-order valence-corrected chi connectivity index (χ3v) is 4.37. The molecule has 0 bridgehead atoms. The van der Waals surface area contributed by atoms with Crippen molar-refractivity contribution in [1.29, 1.82) is 5.26 Å². The molecule has 21 heavy (non-hydrogen) atoms. The van der Waals surface area contributed by atoms with Crippen LogP contribution in [0.15, 0.2) is 45.8 Å². The van der Waals surface area contributed by atoms with E-state index < -0.39 is 10.0 Å². The number of nitriles is 1. The van der Waals surface area contributed by atoms with Gasteiger partial charge in [0.1, 0.15) is 4.90 Å². The average molecular weight is 367 g/mol. The highest BCUT2D eigenvalue weighted by atomic mass is 79.9. The summed E-state index contributed by atoms with van der Waals surface area (Å²) in [5.41, 5.74) is 7.43. The highest BCUT2D eigenvalue weighted by Gasteiger charge is 2.15. The van der Waals surface area contributed by atoms with Crippen LogP contribution in [-0.2, 0) is 10.0 Å². The minimum atomic E-state index is -3.89. The van der Waals surface area contributed by atoms with Crippen LogP contribution in [-0.4, -0.2) is 8.42 Å². The molecule has 0 aliphatic rings. The lowest BCUT2D eigenvalue weighted by atomic mass is 10.2. The molecule has 108 valence electrons. The summed E-state index contributed by atoms with van der Waals surface area (Å²) in [5, 5.41) is 16.9. The molecule has 8 heteroatoms. The normalized spacial score (nSPS) is 10.9. The number of anilines is 3. The van der Waals surface area contributed by atoms with Crippen molar-refractivity contribution < 1.29 is 8.42 Å². The number of halogens is 1. The number of nitrogen functional groups attached to an aromatic ring is 1. The Bertz CT molecular complexity index is 844. The molecule has 0 unspecified atom stereocenters. The Morgan fingerprint density at radius 2 is 1.90 bits per heavy atom. The summed E-state index contributed by atoms with van der Waals surface area (Å²) >= 11 is 3.33. The smallest absolute Gasteiger partial charge is 0.240 e. The molecule has 5 N–H and O–H groups in total. The molecular weight excluding hydrogens is 356 g/mol. The van der Waals surface area contributed by atoms with Gasteiger partial charge in [0.05, 0.1) is 28.7 Å². The van der Waals surface area contributed by atoms with Gasteiger partial charge in [0, 0.05) is 4.47 Å². The Morgan fingerprint density at radius 3 is 2.48 bits per heavy atom. The third kappa shape index (κ3) is 3.33. The number of hydrogen-bond acceptors (Lipinski definition) is 5. The van der Waals surface area contributed by atoms with E-state index in [9.17, 15) is 8.42 Å². The number of nitrogens with two attached hydrogens (primary N) is 2. The van der Waals surface area contributed by atoms with Crippen molar-refractivity contribution in [1.82, 2.24) is 0 Å². The van der Waals surface area contributed by atoms with Crippen LogP contribution in [0.5, 0.6) is 0 Å². The van der Waals surface area contributed by atoms with E-state index >= 15 is 0 Å². The fourth-order valence-corrected chi connectivity index (χ4v) is 2.89. The van der Waals surface area contributed by atoms with Crippen LogP contribution in [0.1, 0.15) is 5.56 Å². The summed E-state index contributed by atoms with van der Waals surface area (Å²) < 4.78 is 23.5.